The Morgan fingerprint density at radius 3 is 1.34 bits per heavy atom. The van der Waals surface area contributed by atoms with E-state index in [1.807, 2.05) is 0 Å². The van der Waals surface area contributed by atoms with E-state index in [1.165, 1.54) is 135 Å². The normalized spacial score (nSPS) is 13.5. The molecule has 6 heteroatoms. The second-order valence-corrected chi connectivity index (χ2v) is 17.2. The smallest absolute Gasteiger partial charge is 0.306 e. The molecule has 0 rings (SSSR count). The lowest BCUT2D eigenvalue weighted by Crippen LogP contribution is -2.46. The second kappa shape index (κ2) is 46.2. The van der Waals surface area contributed by atoms with Gasteiger partial charge in [-0.05, 0) is 77.0 Å². The quantitative estimate of drug-likeness (QED) is 0.0246. The second-order valence-electron chi connectivity index (χ2n) is 17.2. The molecule has 0 bridgehead atoms. The molecule has 0 aliphatic carbocycles. The van der Waals surface area contributed by atoms with Crippen LogP contribution >= 0.6 is 0 Å². The minimum atomic E-state index is -0.791. The van der Waals surface area contributed by atoms with E-state index in [4.69, 9.17) is 4.74 Å². The molecule has 0 heterocycles. The molecule has 0 fully saturated rings. The zero-order valence-corrected chi connectivity index (χ0v) is 38.7. The number of aliphatic hydroxyl groups excluding tert-OH is 2. The maximum Gasteiger partial charge on any atom is 0.306 e. The van der Waals surface area contributed by atoms with Crippen molar-refractivity contribution in [3.63, 3.8) is 0 Å². The van der Waals surface area contributed by atoms with Gasteiger partial charge >= 0.3 is 5.97 Å². The van der Waals surface area contributed by atoms with Crippen molar-refractivity contribution >= 4 is 11.9 Å². The van der Waals surface area contributed by atoms with Crippen LogP contribution in [0, 0.1) is 0 Å². The van der Waals surface area contributed by atoms with Gasteiger partial charge in [-0.2, -0.15) is 0 Å². The van der Waals surface area contributed by atoms with Crippen LogP contribution in [0.25, 0.3) is 0 Å². The van der Waals surface area contributed by atoms with Gasteiger partial charge in [0.05, 0.1) is 25.2 Å². The van der Waals surface area contributed by atoms with Crippen molar-refractivity contribution in [3.05, 3.63) is 36.5 Å². The number of hydrogen-bond acceptors (Lipinski definition) is 5. The Morgan fingerprint density at radius 2 is 0.879 bits per heavy atom. The highest BCUT2D eigenvalue weighted by Crippen LogP contribution is 2.17. The van der Waals surface area contributed by atoms with Crippen molar-refractivity contribution in [2.45, 2.75) is 277 Å². The maximum atomic E-state index is 13.2. The summed E-state index contributed by atoms with van der Waals surface area (Å²) in [5.41, 5.74) is 0. The van der Waals surface area contributed by atoms with E-state index in [9.17, 15) is 19.8 Å². The molecule has 340 valence electrons. The summed E-state index contributed by atoms with van der Waals surface area (Å²) in [6.07, 6.45) is 53.4. The van der Waals surface area contributed by atoms with Crippen LogP contribution < -0.4 is 5.32 Å². The summed E-state index contributed by atoms with van der Waals surface area (Å²) in [5.74, 6) is -0.508. The van der Waals surface area contributed by atoms with Gasteiger partial charge in [-0.15, -0.1) is 0 Å². The zero-order chi connectivity index (χ0) is 42.4. The molecule has 0 saturated carbocycles. The minimum absolute atomic E-state index is 0.0630. The lowest BCUT2D eigenvalue weighted by molar-refractivity contribution is -0.151. The van der Waals surface area contributed by atoms with Gasteiger partial charge in [0.15, 0.2) is 0 Å². The topological polar surface area (TPSA) is 95.9 Å². The van der Waals surface area contributed by atoms with E-state index in [0.717, 1.165) is 77.0 Å². The molecule has 0 saturated heterocycles. The Balaban J connectivity index is 4.62. The third-order valence-electron chi connectivity index (χ3n) is 11.5. The van der Waals surface area contributed by atoms with Gasteiger partial charge < -0.3 is 20.3 Å². The van der Waals surface area contributed by atoms with Crippen LogP contribution in [0.2, 0.25) is 0 Å². The summed E-state index contributed by atoms with van der Waals surface area (Å²) in [7, 11) is 0. The number of allylic oxidation sites excluding steroid dienone is 6. The van der Waals surface area contributed by atoms with E-state index in [0.29, 0.717) is 19.3 Å². The molecule has 0 aromatic carbocycles. The monoisotopic (exact) mass is 816 g/mol. The molecular formula is C52H97NO5. The Bertz CT molecular complexity index is 961. The van der Waals surface area contributed by atoms with E-state index < -0.39 is 18.2 Å². The number of carbonyl (C=O) groups excluding carboxylic acids is 2. The molecule has 0 aromatic rings. The molecular weight excluding hydrogens is 719 g/mol. The van der Waals surface area contributed by atoms with Crippen molar-refractivity contribution in [2.24, 2.45) is 0 Å². The van der Waals surface area contributed by atoms with Crippen LogP contribution in [-0.4, -0.2) is 46.9 Å². The zero-order valence-electron chi connectivity index (χ0n) is 38.7. The average Bonchev–Trinajstić information content (AvgIpc) is 3.22. The standard InChI is InChI=1S/C52H97NO5/c1-4-7-10-13-16-19-22-24-25-26-28-30-33-36-39-42-45-52(57)58-48(43-40-37-34-31-29-27-23-20-17-14-11-8-5-2)46-51(56)53-49(47-54)50(55)44-41-38-35-32-21-18-15-12-9-6-3/h20,23,25-26,28,30,48-50,54-55H,4-19,21-22,24,27,29,31-47H2,1-3H3,(H,53,56)/b23-20-,26-25+,30-28+. The van der Waals surface area contributed by atoms with Gasteiger partial charge in [-0.1, -0.05) is 205 Å². The molecule has 3 N–H and O–H groups in total. The van der Waals surface area contributed by atoms with Gasteiger partial charge in [0.2, 0.25) is 5.91 Å². The molecule has 0 aliphatic heterocycles. The number of ether oxygens (including phenoxy) is 1. The Morgan fingerprint density at radius 1 is 0.500 bits per heavy atom. The summed E-state index contributed by atoms with van der Waals surface area (Å²) in [4.78, 5) is 26.1. The van der Waals surface area contributed by atoms with Crippen LogP contribution in [0.15, 0.2) is 36.5 Å². The van der Waals surface area contributed by atoms with Crippen molar-refractivity contribution in [1.29, 1.82) is 0 Å². The maximum absolute atomic E-state index is 13.2. The van der Waals surface area contributed by atoms with Gasteiger partial charge in [-0.25, -0.2) is 0 Å². The van der Waals surface area contributed by atoms with Gasteiger partial charge in [0.1, 0.15) is 6.10 Å². The fourth-order valence-electron chi connectivity index (χ4n) is 7.59. The van der Waals surface area contributed by atoms with Crippen LogP contribution in [0.4, 0.5) is 0 Å². The molecule has 6 nitrogen and oxygen atoms in total. The van der Waals surface area contributed by atoms with Crippen LogP contribution in [0.5, 0.6) is 0 Å². The first kappa shape index (κ1) is 56.1. The van der Waals surface area contributed by atoms with Crippen molar-refractivity contribution in [3.8, 4) is 0 Å². The van der Waals surface area contributed by atoms with E-state index in [2.05, 4.69) is 62.5 Å². The first-order chi connectivity index (χ1) is 28.5. The molecule has 0 radical (unpaired) electrons. The number of aliphatic hydroxyl groups is 2. The predicted octanol–water partition coefficient (Wildman–Crippen LogP) is 14.9. The van der Waals surface area contributed by atoms with Crippen molar-refractivity contribution in [2.75, 3.05) is 6.61 Å². The fourth-order valence-corrected chi connectivity index (χ4v) is 7.59. The summed E-state index contributed by atoms with van der Waals surface area (Å²) < 4.78 is 5.91. The summed E-state index contributed by atoms with van der Waals surface area (Å²) >= 11 is 0. The number of nitrogens with one attached hydrogen (secondary N) is 1. The summed E-state index contributed by atoms with van der Waals surface area (Å²) in [5, 5.41) is 23.7. The molecule has 0 aromatic heterocycles. The lowest BCUT2D eigenvalue weighted by Gasteiger charge is -2.24. The number of carbonyl (C=O) groups is 2. The van der Waals surface area contributed by atoms with E-state index in [1.54, 1.807) is 0 Å². The van der Waals surface area contributed by atoms with E-state index >= 15 is 0 Å². The van der Waals surface area contributed by atoms with E-state index in [-0.39, 0.29) is 24.9 Å². The number of hydrogen-bond donors (Lipinski definition) is 3. The Kier molecular flexibility index (Phi) is 44.6. The van der Waals surface area contributed by atoms with Crippen molar-refractivity contribution in [1.82, 2.24) is 5.32 Å². The molecule has 0 aliphatic rings. The van der Waals surface area contributed by atoms with Gasteiger partial charge in [0.25, 0.3) is 0 Å². The highest BCUT2D eigenvalue weighted by molar-refractivity contribution is 5.77. The highest BCUT2D eigenvalue weighted by atomic mass is 16.5. The summed E-state index contributed by atoms with van der Waals surface area (Å²) in [6, 6.07) is -0.706. The molecule has 3 unspecified atom stereocenters. The predicted molar refractivity (Wildman–Crippen MR) is 250 cm³/mol. The van der Waals surface area contributed by atoms with Crippen LogP contribution in [-0.2, 0) is 14.3 Å². The fraction of sp³-hybridized carbons (Fsp3) is 0.846. The molecule has 0 spiro atoms. The van der Waals surface area contributed by atoms with Gasteiger partial charge in [-0.3, -0.25) is 9.59 Å². The third-order valence-corrected chi connectivity index (χ3v) is 11.5. The first-order valence-corrected chi connectivity index (χ1v) is 25.2. The minimum Gasteiger partial charge on any atom is -0.462 e. The average molecular weight is 816 g/mol. The molecule has 58 heavy (non-hydrogen) atoms. The Labute approximate surface area is 360 Å². The van der Waals surface area contributed by atoms with Crippen LogP contribution in [0.1, 0.15) is 258 Å². The van der Waals surface area contributed by atoms with Crippen molar-refractivity contribution < 1.29 is 24.5 Å². The van der Waals surface area contributed by atoms with Crippen LogP contribution in [0.3, 0.4) is 0 Å². The highest BCUT2D eigenvalue weighted by Gasteiger charge is 2.24. The lowest BCUT2D eigenvalue weighted by atomic mass is 10.0. The largest absolute Gasteiger partial charge is 0.462 e. The number of rotatable bonds is 45. The van der Waals surface area contributed by atoms with Gasteiger partial charge in [0, 0.05) is 6.42 Å². The third kappa shape index (κ3) is 40.8. The summed E-state index contributed by atoms with van der Waals surface area (Å²) in [6.45, 7) is 6.45. The molecule has 1 amide bonds. The SMILES string of the molecule is CCCCCC/C=C\CCCCCCCC(CC(=O)NC(CO)C(O)CCCCCCCCCCCC)OC(=O)CCCCC/C=C/C=C/CCCCCCCCC. The first-order valence-electron chi connectivity index (χ1n) is 25.2. The number of esters is 1. The number of unbranched alkanes of at least 4 members (excludes halogenated alkanes) is 28. The Hall–Kier alpha value is -1.92. The molecule has 3 atom stereocenters. The number of amides is 1.